The summed E-state index contributed by atoms with van der Waals surface area (Å²) < 4.78 is 10.00. The molecule has 0 unspecified atom stereocenters. The Kier molecular flexibility index (Phi) is 5.33. The monoisotopic (exact) mass is 394 g/mol. The smallest absolute Gasteiger partial charge is 0.199 e. The Morgan fingerprint density at radius 3 is 2.68 bits per heavy atom. The van der Waals surface area contributed by atoms with Crippen LogP contribution in [-0.2, 0) is 13.7 Å². The molecule has 1 aliphatic rings. The van der Waals surface area contributed by atoms with Crippen LogP contribution in [0.5, 0.6) is 5.75 Å². The molecule has 0 aliphatic carbocycles. The second kappa shape index (κ2) is 7.89. The Balaban J connectivity index is 1.59. The molecule has 0 spiro atoms. The van der Waals surface area contributed by atoms with Crippen LogP contribution in [0.1, 0.15) is 30.0 Å². The van der Waals surface area contributed by atoms with E-state index < -0.39 is 0 Å². The van der Waals surface area contributed by atoms with Crippen LogP contribution in [0.25, 0.3) is 11.4 Å². The SMILES string of the molecule is COc1ccc([C@H]2CCCN2Cn2nc(-c3cccc(C)c3)n(C)c2=S)cc1. The first-order valence-corrected chi connectivity index (χ1v) is 10.1. The van der Waals surface area contributed by atoms with Gasteiger partial charge in [0, 0.05) is 25.2 Å². The molecule has 0 bridgehead atoms. The van der Waals surface area contributed by atoms with Crippen molar-refractivity contribution in [2.45, 2.75) is 32.5 Å². The van der Waals surface area contributed by atoms with Crippen molar-refractivity contribution in [3.05, 3.63) is 64.4 Å². The highest BCUT2D eigenvalue weighted by Crippen LogP contribution is 2.33. The summed E-state index contributed by atoms with van der Waals surface area (Å²) in [6.07, 6.45) is 2.33. The summed E-state index contributed by atoms with van der Waals surface area (Å²) in [5.74, 6) is 1.80. The van der Waals surface area contributed by atoms with E-state index in [9.17, 15) is 0 Å². The second-order valence-electron chi connectivity index (χ2n) is 7.42. The zero-order valence-corrected chi connectivity index (χ0v) is 17.4. The van der Waals surface area contributed by atoms with Crippen molar-refractivity contribution in [2.75, 3.05) is 13.7 Å². The lowest BCUT2D eigenvalue weighted by atomic mass is 10.0. The van der Waals surface area contributed by atoms with Gasteiger partial charge in [-0.05, 0) is 55.7 Å². The van der Waals surface area contributed by atoms with Gasteiger partial charge in [-0.25, -0.2) is 4.68 Å². The molecule has 5 nitrogen and oxygen atoms in total. The van der Waals surface area contributed by atoms with Gasteiger partial charge in [0.2, 0.25) is 0 Å². The van der Waals surface area contributed by atoms with Gasteiger partial charge in [0.25, 0.3) is 0 Å². The van der Waals surface area contributed by atoms with Gasteiger partial charge in [0.05, 0.1) is 13.8 Å². The maximum atomic E-state index is 5.69. The van der Waals surface area contributed by atoms with Crippen molar-refractivity contribution < 1.29 is 4.74 Å². The molecule has 1 aromatic heterocycles. The average Bonchev–Trinajstić information content (AvgIpc) is 3.28. The third-order valence-electron chi connectivity index (χ3n) is 5.50. The second-order valence-corrected chi connectivity index (χ2v) is 7.78. The van der Waals surface area contributed by atoms with Crippen LogP contribution in [0.4, 0.5) is 0 Å². The lowest BCUT2D eigenvalue weighted by Gasteiger charge is -2.24. The largest absolute Gasteiger partial charge is 0.497 e. The predicted octanol–water partition coefficient (Wildman–Crippen LogP) is 4.73. The van der Waals surface area contributed by atoms with E-state index in [1.54, 1.807) is 7.11 Å². The molecule has 0 amide bonds. The minimum absolute atomic E-state index is 0.386. The molecule has 4 rings (SSSR count). The van der Waals surface area contributed by atoms with Gasteiger partial charge in [0.15, 0.2) is 10.6 Å². The molecule has 3 aromatic rings. The molecular formula is C22H26N4OS. The maximum Gasteiger partial charge on any atom is 0.199 e. The number of rotatable bonds is 5. The number of benzene rings is 2. The highest BCUT2D eigenvalue weighted by atomic mass is 32.1. The van der Waals surface area contributed by atoms with E-state index in [0.29, 0.717) is 12.7 Å². The van der Waals surface area contributed by atoms with Crippen LogP contribution in [-0.4, -0.2) is 32.9 Å². The highest BCUT2D eigenvalue weighted by molar-refractivity contribution is 7.71. The Morgan fingerprint density at radius 2 is 1.96 bits per heavy atom. The van der Waals surface area contributed by atoms with E-state index in [4.69, 9.17) is 22.1 Å². The lowest BCUT2D eigenvalue weighted by molar-refractivity contribution is 0.190. The zero-order chi connectivity index (χ0) is 19.7. The number of ether oxygens (including phenoxy) is 1. The number of likely N-dealkylation sites (tertiary alicyclic amines) is 1. The quantitative estimate of drug-likeness (QED) is 0.586. The molecule has 28 heavy (non-hydrogen) atoms. The Morgan fingerprint density at radius 1 is 1.18 bits per heavy atom. The molecule has 2 heterocycles. The van der Waals surface area contributed by atoms with Gasteiger partial charge >= 0.3 is 0 Å². The molecule has 0 saturated carbocycles. The summed E-state index contributed by atoms with van der Waals surface area (Å²) >= 11 is 5.69. The number of aryl methyl sites for hydroxylation is 1. The molecule has 0 radical (unpaired) electrons. The summed E-state index contributed by atoms with van der Waals surface area (Å²) in [4.78, 5) is 2.46. The minimum Gasteiger partial charge on any atom is -0.497 e. The fraction of sp³-hybridized carbons (Fsp3) is 0.364. The van der Waals surface area contributed by atoms with Gasteiger partial charge in [-0.15, -0.1) is 0 Å². The molecule has 1 atom stereocenters. The van der Waals surface area contributed by atoms with Crippen LogP contribution >= 0.6 is 12.2 Å². The van der Waals surface area contributed by atoms with Crippen LogP contribution in [0, 0.1) is 11.7 Å². The lowest BCUT2D eigenvalue weighted by Crippen LogP contribution is -2.27. The van der Waals surface area contributed by atoms with Crippen LogP contribution in [0.3, 0.4) is 0 Å². The minimum atomic E-state index is 0.386. The molecule has 1 fully saturated rings. The summed E-state index contributed by atoms with van der Waals surface area (Å²) in [5, 5.41) is 4.85. The van der Waals surface area contributed by atoms with Gasteiger partial charge < -0.3 is 9.30 Å². The van der Waals surface area contributed by atoms with Crippen molar-refractivity contribution in [3.8, 4) is 17.1 Å². The number of hydrogen-bond acceptors (Lipinski definition) is 4. The van der Waals surface area contributed by atoms with Crippen molar-refractivity contribution in [2.24, 2.45) is 7.05 Å². The molecule has 6 heteroatoms. The molecule has 146 valence electrons. The number of aromatic nitrogens is 3. The fourth-order valence-corrected chi connectivity index (χ4v) is 4.17. The van der Waals surface area contributed by atoms with Crippen LogP contribution < -0.4 is 4.74 Å². The van der Waals surface area contributed by atoms with Gasteiger partial charge in [0.1, 0.15) is 5.75 Å². The Bertz CT molecular complexity index is 1020. The Hall–Kier alpha value is -2.44. The van der Waals surface area contributed by atoms with E-state index in [1.165, 1.54) is 17.5 Å². The third kappa shape index (κ3) is 3.62. The van der Waals surface area contributed by atoms with Crippen LogP contribution in [0.15, 0.2) is 48.5 Å². The number of nitrogens with zero attached hydrogens (tertiary/aromatic N) is 4. The van der Waals surface area contributed by atoms with Gasteiger partial charge in [-0.3, -0.25) is 4.90 Å². The average molecular weight is 395 g/mol. The van der Waals surface area contributed by atoms with Crippen molar-refractivity contribution in [1.29, 1.82) is 0 Å². The zero-order valence-electron chi connectivity index (χ0n) is 16.6. The van der Waals surface area contributed by atoms with E-state index >= 15 is 0 Å². The van der Waals surface area contributed by atoms with Crippen molar-refractivity contribution >= 4 is 12.2 Å². The Labute approximate surface area is 171 Å². The topological polar surface area (TPSA) is 35.2 Å². The molecular weight excluding hydrogens is 368 g/mol. The third-order valence-corrected chi connectivity index (χ3v) is 5.98. The van der Waals surface area contributed by atoms with Gasteiger partial charge in [-0.1, -0.05) is 35.9 Å². The van der Waals surface area contributed by atoms with Crippen LogP contribution in [0.2, 0.25) is 0 Å². The van der Waals surface area contributed by atoms with Crippen molar-refractivity contribution in [1.82, 2.24) is 19.2 Å². The summed E-state index contributed by atoms with van der Waals surface area (Å²) in [7, 11) is 3.69. The van der Waals surface area contributed by atoms with E-state index in [-0.39, 0.29) is 0 Å². The number of hydrogen-bond donors (Lipinski definition) is 0. The molecule has 1 aliphatic heterocycles. The van der Waals surface area contributed by atoms with Crippen molar-refractivity contribution in [3.63, 3.8) is 0 Å². The normalized spacial score (nSPS) is 17.2. The number of methoxy groups -OCH3 is 1. The first-order valence-electron chi connectivity index (χ1n) is 9.65. The summed E-state index contributed by atoms with van der Waals surface area (Å²) in [5.41, 5.74) is 3.64. The highest BCUT2D eigenvalue weighted by Gasteiger charge is 2.27. The van der Waals surface area contributed by atoms with Gasteiger partial charge in [-0.2, -0.15) is 5.10 Å². The first-order chi connectivity index (χ1) is 13.6. The van der Waals surface area contributed by atoms with E-state index in [1.807, 2.05) is 28.4 Å². The summed E-state index contributed by atoms with van der Waals surface area (Å²) in [6.45, 7) is 3.85. The molecule has 2 aromatic carbocycles. The predicted molar refractivity (Wildman–Crippen MR) is 114 cm³/mol. The fourth-order valence-electron chi connectivity index (χ4n) is 3.99. The molecule has 0 N–H and O–H groups in total. The first kappa shape index (κ1) is 18.9. The summed E-state index contributed by atoms with van der Waals surface area (Å²) in [6, 6.07) is 17.2. The standard InChI is InChI=1S/C22H26N4OS/c1-16-6-4-7-18(14-16)21-23-26(22(28)24(21)2)15-25-13-5-8-20(25)17-9-11-19(27-3)12-10-17/h4,6-7,9-12,14,20H,5,8,13,15H2,1-3H3/t20-/m1/s1. The maximum absolute atomic E-state index is 5.69. The molecule has 1 saturated heterocycles. The van der Waals surface area contributed by atoms with E-state index in [2.05, 4.69) is 48.2 Å². The van der Waals surface area contributed by atoms with E-state index in [0.717, 1.165) is 34.9 Å².